The average Bonchev–Trinajstić information content (AvgIpc) is 2.84. The molecule has 6 heteroatoms. The van der Waals surface area contributed by atoms with E-state index in [0.29, 0.717) is 11.8 Å². The van der Waals surface area contributed by atoms with Crippen LogP contribution in [0, 0.1) is 0 Å². The fourth-order valence-corrected chi connectivity index (χ4v) is 2.54. The van der Waals surface area contributed by atoms with Gasteiger partial charge in [0.25, 0.3) is 5.91 Å². The van der Waals surface area contributed by atoms with Gasteiger partial charge in [-0.3, -0.25) is 10.1 Å². The molecule has 1 aliphatic rings. The van der Waals surface area contributed by atoms with Gasteiger partial charge in [0.15, 0.2) is 6.61 Å². The van der Waals surface area contributed by atoms with Crippen molar-refractivity contribution in [2.24, 2.45) is 5.73 Å². The van der Waals surface area contributed by atoms with Crippen LogP contribution in [0.4, 0.5) is 4.79 Å². The number of rotatable bonds is 6. The van der Waals surface area contributed by atoms with Gasteiger partial charge < -0.3 is 15.8 Å². The maximum absolute atomic E-state index is 11.3. The SMILES string of the molecule is CCCNC1CCc2cc(OCC(=O)NC(N)=O)ccc21. The molecule has 0 fully saturated rings. The van der Waals surface area contributed by atoms with Crippen LogP contribution in [-0.4, -0.2) is 25.1 Å². The maximum atomic E-state index is 11.3. The van der Waals surface area contributed by atoms with E-state index in [1.165, 1.54) is 11.1 Å². The van der Waals surface area contributed by atoms with Crippen LogP contribution in [-0.2, 0) is 11.2 Å². The average molecular weight is 291 g/mol. The molecule has 0 saturated heterocycles. The summed E-state index contributed by atoms with van der Waals surface area (Å²) in [4.78, 5) is 21.8. The molecule has 0 aromatic heterocycles. The summed E-state index contributed by atoms with van der Waals surface area (Å²) in [5, 5.41) is 5.48. The Labute approximate surface area is 124 Å². The molecule has 0 bridgehead atoms. The number of fused-ring (bicyclic) bond motifs is 1. The summed E-state index contributed by atoms with van der Waals surface area (Å²) in [6.07, 6.45) is 3.20. The quantitative estimate of drug-likeness (QED) is 0.735. The van der Waals surface area contributed by atoms with Gasteiger partial charge in [-0.25, -0.2) is 4.79 Å². The number of amides is 3. The van der Waals surface area contributed by atoms with Gasteiger partial charge in [0, 0.05) is 6.04 Å². The molecule has 0 spiro atoms. The van der Waals surface area contributed by atoms with Crippen LogP contribution >= 0.6 is 0 Å². The normalized spacial score (nSPS) is 16.3. The molecule has 21 heavy (non-hydrogen) atoms. The lowest BCUT2D eigenvalue weighted by Gasteiger charge is -2.14. The third-order valence-electron chi connectivity index (χ3n) is 3.47. The molecular formula is C15H21N3O3. The number of ether oxygens (including phenoxy) is 1. The number of imide groups is 1. The molecular weight excluding hydrogens is 270 g/mol. The van der Waals surface area contributed by atoms with Crippen molar-refractivity contribution in [1.82, 2.24) is 10.6 Å². The highest BCUT2D eigenvalue weighted by atomic mass is 16.5. The first-order valence-electron chi connectivity index (χ1n) is 7.18. The summed E-state index contributed by atoms with van der Waals surface area (Å²) in [6.45, 7) is 2.94. The minimum atomic E-state index is -0.873. The van der Waals surface area contributed by atoms with Crippen LogP contribution in [0.1, 0.15) is 36.9 Å². The lowest BCUT2D eigenvalue weighted by Crippen LogP contribution is -2.38. The Bertz CT molecular complexity index is 531. The van der Waals surface area contributed by atoms with Crippen molar-refractivity contribution in [3.05, 3.63) is 29.3 Å². The standard InChI is InChI=1S/C15H21N3O3/c1-2-7-17-13-6-3-10-8-11(4-5-12(10)13)21-9-14(19)18-15(16)20/h4-5,8,13,17H,2-3,6-7,9H2,1H3,(H3,16,18,19,20). The zero-order chi connectivity index (χ0) is 15.2. The Kier molecular flexibility index (Phi) is 5.16. The monoisotopic (exact) mass is 291 g/mol. The molecule has 1 atom stereocenters. The Morgan fingerprint density at radius 2 is 2.24 bits per heavy atom. The Hall–Kier alpha value is -2.08. The number of hydrogen-bond acceptors (Lipinski definition) is 4. The minimum absolute atomic E-state index is 0.223. The van der Waals surface area contributed by atoms with E-state index in [4.69, 9.17) is 10.5 Å². The van der Waals surface area contributed by atoms with Gasteiger partial charge in [0.05, 0.1) is 0 Å². The predicted molar refractivity (Wildman–Crippen MR) is 79.0 cm³/mol. The predicted octanol–water partition coefficient (Wildman–Crippen LogP) is 1.25. The molecule has 114 valence electrons. The molecule has 3 amide bonds. The third kappa shape index (κ3) is 4.19. The molecule has 1 aliphatic carbocycles. The number of carbonyl (C=O) groups is 2. The highest BCUT2D eigenvalue weighted by Gasteiger charge is 2.22. The van der Waals surface area contributed by atoms with Crippen molar-refractivity contribution in [3.8, 4) is 5.75 Å². The summed E-state index contributed by atoms with van der Waals surface area (Å²) < 4.78 is 5.37. The number of hydrogen-bond donors (Lipinski definition) is 3. The third-order valence-corrected chi connectivity index (χ3v) is 3.47. The first-order valence-corrected chi connectivity index (χ1v) is 7.18. The fourth-order valence-electron chi connectivity index (χ4n) is 2.54. The van der Waals surface area contributed by atoms with Gasteiger partial charge in [-0.1, -0.05) is 13.0 Å². The van der Waals surface area contributed by atoms with Crippen molar-refractivity contribution < 1.29 is 14.3 Å². The molecule has 0 saturated carbocycles. The largest absolute Gasteiger partial charge is 0.484 e. The van der Waals surface area contributed by atoms with Crippen molar-refractivity contribution in [2.45, 2.75) is 32.2 Å². The van der Waals surface area contributed by atoms with Gasteiger partial charge in [0.1, 0.15) is 5.75 Å². The lowest BCUT2D eigenvalue weighted by molar-refractivity contribution is -0.121. The van der Waals surface area contributed by atoms with Crippen LogP contribution in [0.5, 0.6) is 5.75 Å². The number of primary amides is 1. The zero-order valence-electron chi connectivity index (χ0n) is 12.1. The summed E-state index contributed by atoms with van der Waals surface area (Å²) in [6, 6.07) is 5.38. The van der Waals surface area contributed by atoms with E-state index in [1.54, 1.807) is 0 Å². The Morgan fingerprint density at radius 3 is 2.95 bits per heavy atom. The van der Waals surface area contributed by atoms with Gasteiger partial charge >= 0.3 is 6.03 Å². The second kappa shape index (κ2) is 7.08. The van der Waals surface area contributed by atoms with Crippen LogP contribution in [0.25, 0.3) is 0 Å². The number of benzene rings is 1. The molecule has 1 aromatic carbocycles. The maximum Gasteiger partial charge on any atom is 0.318 e. The zero-order valence-corrected chi connectivity index (χ0v) is 12.1. The van der Waals surface area contributed by atoms with Gasteiger partial charge in [-0.2, -0.15) is 0 Å². The van der Waals surface area contributed by atoms with Crippen molar-refractivity contribution in [3.63, 3.8) is 0 Å². The summed E-state index contributed by atoms with van der Waals surface area (Å²) in [5.41, 5.74) is 7.41. The summed E-state index contributed by atoms with van der Waals surface area (Å²) in [5.74, 6) is 0.0787. The van der Waals surface area contributed by atoms with Crippen LogP contribution < -0.4 is 21.1 Å². The number of nitrogens with one attached hydrogen (secondary N) is 2. The molecule has 4 N–H and O–H groups in total. The summed E-state index contributed by atoms with van der Waals surface area (Å²) in [7, 11) is 0. The van der Waals surface area contributed by atoms with Crippen molar-refractivity contribution >= 4 is 11.9 Å². The molecule has 1 unspecified atom stereocenters. The second-order valence-corrected chi connectivity index (χ2v) is 5.11. The van der Waals surface area contributed by atoms with Crippen molar-refractivity contribution in [2.75, 3.05) is 13.2 Å². The number of nitrogens with two attached hydrogens (primary N) is 1. The van der Waals surface area contributed by atoms with Gasteiger partial charge in [-0.15, -0.1) is 0 Å². The fraction of sp³-hybridized carbons (Fsp3) is 0.467. The molecule has 6 nitrogen and oxygen atoms in total. The highest BCUT2D eigenvalue weighted by Crippen LogP contribution is 2.33. The van der Waals surface area contributed by atoms with Crippen LogP contribution in [0.3, 0.4) is 0 Å². The Balaban J connectivity index is 1.93. The lowest BCUT2D eigenvalue weighted by atomic mass is 10.1. The number of carbonyl (C=O) groups excluding carboxylic acids is 2. The van der Waals surface area contributed by atoms with E-state index < -0.39 is 11.9 Å². The highest BCUT2D eigenvalue weighted by molar-refractivity contribution is 5.94. The van der Waals surface area contributed by atoms with Crippen molar-refractivity contribution in [1.29, 1.82) is 0 Å². The minimum Gasteiger partial charge on any atom is -0.484 e. The number of urea groups is 1. The van der Waals surface area contributed by atoms with E-state index in [2.05, 4.69) is 12.2 Å². The molecule has 0 heterocycles. The van der Waals surface area contributed by atoms with Crippen LogP contribution in [0.2, 0.25) is 0 Å². The molecule has 2 rings (SSSR count). The Morgan fingerprint density at radius 1 is 1.43 bits per heavy atom. The topological polar surface area (TPSA) is 93.4 Å². The van der Waals surface area contributed by atoms with E-state index in [0.717, 1.165) is 25.8 Å². The van der Waals surface area contributed by atoms with E-state index in [1.807, 2.05) is 23.5 Å². The molecule has 1 aromatic rings. The summed E-state index contributed by atoms with van der Waals surface area (Å²) >= 11 is 0. The molecule has 0 aliphatic heterocycles. The second-order valence-electron chi connectivity index (χ2n) is 5.11. The smallest absolute Gasteiger partial charge is 0.318 e. The van der Waals surface area contributed by atoms with Gasteiger partial charge in [0.2, 0.25) is 0 Å². The van der Waals surface area contributed by atoms with E-state index in [-0.39, 0.29) is 6.61 Å². The van der Waals surface area contributed by atoms with Crippen LogP contribution in [0.15, 0.2) is 18.2 Å². The van der Waals surface area contributed by atoms with E-state index >= 15 is 0 Å². The first kappa shape index (κ1) is 15.3. The van der Waals surface area contributed by atoms with Gasteiger partial charge in [-0.05, 0) is 49.1 Å². The molecule has 0 radical (unpaired) electrons. The van der Waals surface area contributed by atoms with E-state index in [9.17, 15) is 9.59 Å². The first-order chi connectivity index (χ1) is 10.1. The number of aryl methyl sites for hydroxylation is 1.